The first-order chi connectivity index (χ1) is 9.51. The van der Waals surface area contributed by atoms with Gasteiger partial charge in [0.1, 0.15) is 11.5 Å². The second-order valence-corrected chi connectivity index (χ2v) is 5.74. The second-order valence-electron chi connectivity index (χ2n) is 4.82. The van der Waals surface area contributed by atoms with Gasteiger partial charge in [-0.25, -0.2) is 0 Å². The van der Waals surface area contributed by atoms with Crippen LogP contribution in [0.3, 0.4) is 0 Å². The van der Waals surface area contributed by atoms with Crippen LogP contribution in [0.25, 0.3) is 0 Å². The number of aryl methyl sites for hydroxylation is 2. The Morgan fingerprint density at radius 1 is 1.25 bits per heavy atom. The number of hydrogen-bond donors (Lipinski definition) is 1. The van der Waals surface area contributed by atoms with Crippen LogP contribution < -0.4 is 10.5 Å². The van der Waals surface area contributed by atoms with E-state index in [9.17, 15) is 0 Å². The van der Waals surface area contributed by atoms with Gasteiger partial charge in [-0.2, -0.15) is 0 Å². The van der Waals surface area contributed by atoms with Crippen LogP contribution in [0.2, 0.25) is 0 Å². The van der Waals surface area contributed by atoms with E-state index in [1.54, 1.807) is 0 Å². The Hall–Kier alpha value is -1.39. The summed E-state index contributed by atoms with van der Waals surface area (Å²) >= 11 is 3.47. The van der Waals surface area contributed by atoms with Gasteiger partial charge in [0, 0.05) is 21.8 Å². The lowest BCUT2D eigenvalue weighted by Crippen LogP contribution is -2.07. The van der Waals surface area contributed by atoms with E-state index >= 15 is 0 Å². The molecular weight excluding hydrogens is 316 g/mol. The highest BCUT2D eigenvalue weighted by atomic mass is 79.9. The van der Waals surface area contributed by atoms with Crippen LogP contribution in [0.4, 0.5) is 0 Å². The molecule has 0 aliphatic carbocycles. The monoisotopic (exact) mass is 334 g/mol. The van der Waals surface area contributed by atoms with Crippen molar-refractivity contribution in [1.82, 2.24) is 4.98 Å². The Labute approximate surface area is 128 Å². The molecule has 20 heavy (non-hydrogen) atoms. The number of rotatable bonds is 4. The summed E-state index contributed by atoms with van der Waals surface area (Å²) in [6.07, 6.45) is 0.832. The quantitative estimate of drug-likeness (QED) is 0.893. The van der Waals surface area contributed by atoms with Crippen LogP contribution in [0, 0.1) is 6.92 Å². The maximum atomic E-state index is 6.06. The van der Waals surface area contributed by atoms with E-state index in [2.05, 4.69) is 27.8 Å². The maximum Gasteiger partial charge on any atom is 0.148 e. The lowest BCUT2D eigenvalue weighted by molar-refractivity contribution is 0.462. The molecule has 1 atom stereocenters. The molecule has 0 aliphatic heterocycles. The molecule has 3 nitrogen and oxygen atoms in total. The van der Waals surface area contributed by atoms with Crippen molar-refractivity contribution in [1.29, 1.82) is 0 Å². The molecular formula is C16H19BrN2O. The first-order valence-corrected chi connectivity index (χ1v) is 7.50. The Morgan fingerprint density at radius 3 is 2.65 bits per heavy atom. The Morgan fingerprint density at radius 2 is 2.00 bits per heavy atom. The summed E-state index contributed by atoms with van der Waals surface area (Å²) in [5, 5.41) is 0. The van der Waals surface area contributed by atoms with E-state index in [0.29, 0.717) is 0 Å². The molecule has 0 aliphatic rings. The summed E-state index contributed by atoms with van der Waals surface area (Å²) < 4.78 is 7.02. The van der Waals surface area contributed by atoms with Gasteiger partial charge in [0.25, 0.3) is 0 Å². The minimum absolute atomic E-state index is 0.0819. The van der Waals surface area contributed by atoms with Gasteiger partial charge < -0.3 is 10.5 Å². The lowest BCUT2D eigenvalue weighted by Gasteiger charge is -2.16. The minimum Gasteiger partial charge on any atom is -0.455 e. The third kappa shape index (κ3) is 3.38. The standard InChI is InChI=1S/C16H19BrN2O/c1-4-14-15(8-5-10(2)19-14)20-16-9-12(17)6-7-13(16)11(3)18/h5-9,11H,4,18H2,1-3H3. The van der Waals surface area contributed by atoms with Crippen molar-refractivity contribution in [3.63, 3.8) is 0 Å². The van der Waals surface area contributed by atoms with E-state index in [4.69, 9.17) is 10.5 Å². The number of pyridine rings is 1. The van der Waals surface area contributed by atoms with Gasteiger partial charge in [-0.15, -0.1) is 0 Å². The summed E-state index contributed by atoms with van der Waals surface area (Å²) in [4.78, 5) is 4.52. The van der Waals surface area contributed by atoms with Crippen molar-refractivity contribution in [2.24, 2.45) is 5.73 Å². The summed E-state index contributed by atoms with van der Waals surface area (Å²) in [7, 11) is 0. The van der Waals surface area contributed by atoms with Crippen molar-refractivity contribution in [2.45, 2.75) is 33.2 Å². The highest BCUT2D eigenvalue weighted by Gasteiger charge is 2.12. The Balaban J connectivity index is 2.41. The smallest absolute Gasteiger partial charge is 0.148 e. The fraction of sp³-hybridized carbons (Fsp3) is 0.312. The molecule has 2 N–H and O–H groups in total. The molecule has 0 saturated heterocycles. The highest BCUT2D eigenvalue weighted by molar-refractivity contribution is 9.10. The molecule has 2 rings (SSSR count). The van der Waals surface area contributed by atoms with Gasteiger partial charge in [0.05, 0.1) is 5.69 Å². The van der Waals surface area contributed by atoms with E-state index in [0.717, 1.165) is 39.3 Å². The van der Waals surface area contributed by atoms with Gasteiger partial charge in [0.15, 0.2) is 0 Å². The number of nitrogens with two attached hydrogens (primary N) is 1. The summed E-state index contributed by atoms with van der Waals surface area (Å²) in [5.41, 5.74) is 8.94. The zero-order valence-corrected chi connectivity index (χ0v) is 13.6. The first kappa shape index (κ1) is 15.0. The molecule has 0 radical (unpaired) electrons. The van der Waals surface area contributed by atoms with Gasteiger partial charge in [-0.05, 0) is 44.5 Å². The van der Waals surface area contributed by atoms with Gasteiger partial charge in [0.2, 0.25) is 0 Å². The minimum atomic E-state index is -0.0819. The summed E-state index contributed by atoms with van der Waals surface area (Å²) in [6.45, 7) is 6.00. The third-order valence-electron chi connectivity index (χ3n) is 3.09. The number of aromatic nitrogens is 1. The molecule has 1 unspecified atom stereocenters. The lowest BCUT2D eigenvalue weighted by atomic mass is 10.1. The Bertz CT molecular complexity index is 611. The molecule has 2 aromatic rings. The number of hydrogen-bond acceptors (Lipinski definition) is 3. The topological polar surface area (TPSA) is 48.1 Å². The SMILES string of the molecule is CCc1nc(C)ccc1Oc1cc(Br)ccc1C(C)N. The molecule has 0 amide bonds. The molecule has 0 bridgehead atoms. The van der Waals surface area contributed by atoms with Crippen molar-refractivity contribution in [3.8, 4) is 11.5 Å². The van der Waals surface area contributed by atoms with Crippen molar-refractivity contribution in [2.75, 3.05) is 0 Å². The van der Waals surface area contributed by atoms with E-state index < -0.39 is 0 Å². The van der Waals surface area contributed by atoms with Gasteiger partial charge >= 0.3 is 0 Å². The molecule has 0 fully saturated rings. The Kier molecular flexibility index (Phi) is 4.78. The van der Waals surface area contributed by atoms with E-state index in [-0.39, 0.29) is 6.04 Å². The second kappa shape index (κ2) is 6.37. The zero-order valence-electron chi connectivity index (χ0n) is 12.0. The average Bonchev–Trinajstić information content (AvgIpc) is 2.40. The van der Waals surface area contributed by atoms with E-state index in [1.807, 2.05) is 44.2 Å². The van der Waals surface area contributed by atoms with Crippen molar-refractivity contribution >= 4 is 15.9 Å². The zero-order chi connectivity index (χ0) is 14.7. The third-order valence-corrected chi connectivity index (χ3v) is 3.59. The maximum absolute atomic E-state index is 6.06. The van der Waals surface area contributed by atoms with Crippen LogP contribution in [-0.2, 0) is 6.42 Å². The summed E-state index contributed by atoms with van der Waals surface area (Å²) in [6, 6.07) is 9.74. The van der Waals surface area contributed by atoms with Crippen LogP contribution in [0.1, 0.15) is 36.8 Å². The van der Waals surface area contributed by atoms with Crippen LogP contribution >= 0.6 is 15.9 Å². The summed E-state index contributed by atoms with van der Waals surface area (Å²) in [5.74, 6) is 1.56. The molecule has 1 aromatic carbocycles. The van der Waals surface area contributed by atoms with Crippen molar-refractivity contribution in [3.05, 3.63) is 51.8 Å². The fourth-order valence-corrected chi connectivity index (χ4v) is 2.38. The number of ether oxygens (including phenoxy) is 1. The van der Waals surface area contributed by atoms with Crippen molar-refractivity contribution < 1.29 is 4.74 Å². The molecule has 1 heterocycles. The normalized spacial score (nSPS) is 12.2. The van der Waals surface area contributed by atoms with Crippen LogP contribution in [-0.4, -0.2) is 4.98 Å². The number of halogens is 1. The predicted octanol–water partition coefficient (Wildman–Crippen LogP) is 4.53. The van der Waals surface area contributed by atoms with Gasteiger partial charge in [-0.1, -0.05) is 28.9 Å². The van der Waals surface area contributed by atoms with Crippen LogP contribution in [0.15, 0.2) is 34.8 Å². The molecule has 0 saturated carbocycles. The molecule has 1 aromatic heterocycles. The fourth-order valence-electron chi connectivity index (χ4n) is 2.04. The van der Waals surface area contributed by atoms with E-state index in [1.165, 1.54) is 0 Å². The average molecular weight is 335 g/mol. The largest absolute Gasteiger partial charge is 0.455 e. The molecule has 4 heteroatoms. The first-order valence-electron chi connectivity index (χ1n) is 6.70. The highest BCUT2D eigenvalue weighted by Crippen LogP contribution is 2.32. The predicted molar refractivity (Wildman–Crippen MR) is 85.2 cm³/mol. The number of nitrogens with zero attached hydrogens (tertiary/aromatic N) is 1. The molecule has 0 spiro atoms. The van der Waals surface area contributed by atoms with Gasteiger partial charge in [-0.3, -0.25) is 4.98 Å². The number of benzene rings is 1. The van der Waals surface area contributed by atoms with Crippen LogP contribution in [0.5, 0.6) is 11.5 Å². The molecule has 106 valence electrons.